The number of anilines is 1. The summed E-state index contributed by atoms with van der Waals surface area (Å²) >= 11 is 12.2. The molecule has 152 valence electrons. The van der Waals surface area contributed by atoms with Gasteiger partial charge in [-0.2, -0.15) is 0 Å². The van der Waals surface area contributed by atoms with Crippen molar-refractivity contribution >= 4 is 44.8 Å². The number of halogens is 2. The molecule has 1 atom stereocenters. The SMILES string of the molecule is CC[C@@H](NC(=O)CN(c1cccc(Cl)c1Cl)S(C)(=O)=O)c1ccc(C)c(C)c1. The van der Waals surface area contributed by atoms with E-state index in [1.54, 1.807) is 12.1 Å². The van der Waals surface area contributed by atoms with E-state index in [0.717, 1.165) is 21.7 Å². The van der Waals surface area contributed by atoms with E-state index in [4.69, 9.17) is 23.2 Å². The maximum Gasteiger partial charge on any atom is 0.241 e. The molecule has 0 saturated heterocycles. The zero-order valence-corrected chi connectivity index (χ0v) is 18.6. The van der Waals surface area contributed by atoms with Gasteiger partial charge in [-0.15, -0.1) is 0 Å². The molecule has 2 aromatic carbocycles. The molecule has 1 amide bonds. The van der Waals surface area contributed by atoms with Gasteiger partial charge in [0, 0.05) is 0 Å². The average Bonchev–Trinajstić information content (AvgIpc) is 2.62. The van der Waals surface area contributed by atoms with Crippen molar-refractivity contribution in [2.24, 2.45) is 0 Å². The first-order chi connectivity index (χ1) is 13.0. The molecular weight excluding hydrogens is 419 g/mol. The van der Waals surface area contributed by atoms with Gasteiger partial charge in [-0.1, -0.05) is 54.4 Å². The van der Waals surface area contributed by atoms with Crippen molar-refractivity contribution in [3.63, 3.8) is 0 Å². The molecular formula is C20H24Cl2N2O3S. The zero-order chi connectivity index (χ0) is 21.1. The molecule has 28 heavy (non-hydrogen) atoms. The monoisotopic (exact) mass is 442 g/mol. The number of benzene rings is 2. The van der Waals surface area contributed by atoms with Crippen LogP contribution in [-0.2, 0) is 14.8 Å². The molecule has 0 heterocycles. The fraction of sp³-hybridized carbons (Fsp3) is 0.350. The van der Waals surface area contributed by atoms with E-state index in [1.807, 2.05) is 39.0 Å². The number of sulfonamides is 1. The number of amides is 1. The van der Waals surface area contributed by atoms with Crippen molar-refractivity contribution < 1.29 is 13.2 Å². The van der Waals surface area contributed by atoms with Crippen molar-refractivity contribution in [1.29, 1.82) is 0 Å². The first-order valence-electron chi connectivity index (χ1n) is 8.82. The van der Waals surface area contributed by atoms with Crippen LogP contribution < -0.4 is 9.62 Å². The van der Waals surface area contributed by atoms with Crippen molar-refractivity contribution in [3.05, 3.63) is 63.1 Å². The lowest BCUT2D eigenvalue weighted by Crippen LogP contribution is -2.41. The molecule has 0 unspecified atom stereocenters. The molecule has 0 saturated carbocycles. The number of rotatable bonds is 7. The zero-order valence-electron chi connectivity index (χ0n) is 16.3. The first kappa shape index (κ1) is 22.5. The second-order valence-corrected chi connectivity index (χ2v) is 9.41. The molecule has 0 spiro atoms. The molecule has 0 aliphatic rings. The fourth-order valence-electron chi connectivity index (χ4n) is 2.84. The highest BCUT2D eigenvalue weighted by molar-refractivity contribution is 7.92. The van der Waals surface area contributed by atoms with Gasteiger partial charge in [0.1, 0.15) is 6.54 Å². The van der Waals surface area contributed by atoms with Gasteiger partial charge < -0.3 is 5.32 Å². The third-order valence-corrected chi connectivity index (χ3v) is 6.50. The standard InChI is InChI=1S/C20H24Cl2N2O3S/c1-5-17(15-10-9-13(2)14(3)11-15)23-19(25)12-24(28(4,26)27)18-8-6-7-16(21)20(18)22/h6-11,17H,5,12H2,1-4H3,(H,23,25)/t17-/m1/s1. The van der Waals surface area contributed by atoms with Gasteiger partial charge in [0.2, 0.25) is 15.9 Å². The van der Waals surface area contributed by atoms with Gasteiger partial charge >= 0.3 is 0 Å². The minimum atomic E-state index is -3.74. The fourth-order valence-corrected chi connectivity index (χ4v) is 4.15. The summed E-state index contributed by atoms with van der Waals surface area (Å²) in [4.78, 5) is 12.7. The Hall–Kier alpha value is -1.76. The molecule has 8 heteroatoms. The number of aryl methyl sites for hydroxylation is 2. The lowest BCUT2D eigenvalue weighted by Gasteiger charge is -2.25. The third-order valence-electron chi connectivity index (χ3n) is 4.56. The maximum atomic E-state index is 12.7. The van der Waals surface area contributed by atoms with E-state index in [0.29, 0.717) is 6.42 Å². The Bertz CT molecular complexity index is 977. The van der Waals surface area contributed by atoms with Crippen LogP contribution in [0.15, 0.2) is 36.4 Å². The Morgan fingerprint density at radius 2 is 1.82 bits per heavy atom. The molecule has 0 aliphatic heterocycles. The van der Waals surface area contributed by atoms with Gasteiger partial charge in [0.05, 0.1) is 28.0 Å². The number of carbonyl (C=O) groups excluding carboxylic acids is 1. The molecule has 0 aliphatic carbocycles. The van der Waals surface area contributed by atoms with Gasteiger partial charge in [-0.25, -0.2) is 8.42 Å². The van der Waals surface area contributed by atoms with Crippen LogP contribution in [0.1, 0.15) is 36.1 Å². The van der Waals surface area contributed by atoms with Crippen LogP contribution in [0.25, 0.3) is 0 Å². The van der Waals surface area contributed by atoms with Crippen molar-refractivity contribution in [2.45, 2.75) is 33.2 Å². The van der Waals surface area contributed by atoms with Gasteiger partial charge in [0.25, 0.3) is 0 Å². The normalized spacial score (nSPS) is 12.5. The number of hydrogen-bond acceptors (Lipinski definition) is 3. The Morgan fingerprint density at radius 1 is 1.14 bits per heavy atom. The number of nitrogens with one attached hydrogen (secondary N) is 1. The van der Waals surface area contributed by atoms with Crippen LogP contribution >= 0.6 is 23.2 Å². The summed E-state index contributed by atoms with van der Waals surface area (Å²) in [7, 11) is -3.74. The Balaban J connectivity index is 2.26. The molecule has 0 aromatic heterocycles. The average molecular weight is 443 g/mol. The molecule has 0 radical (unpaired) electrons. The summed E-state index contributed by atoms with van der Waals surface area (Å²) in [5.74, 6) is -0.424. The van der Waals surface area contributed by atoms with E-state index in [2.05, 4.69) is 5.32 Å². The summed E-state index contributed by atoms with van der Waals surface area (Å²) in [6.45, 7) is 5.61. The smallest absolute Gasteiger partial charge is 0.241 e. The first-order valence-corrected chi connectivity index (χ1v) is 11.4. The topological polar surface area (TPSA) is 66.5 Å². The Labute approximate surface area is 176 Å². The summed E-state index contributed by atoms with van der Waals surface area (Å²) in [5, 5.41) is 3.22. The maximum absolute atomic E-state index is 12.7. The summed E-state index contributed by atoms with van der Waals surface area (Å²) in [5.41, 5.74) is 3.45. The molecule has 0 fully saturated rings. The summed E-state index contributed by atoms with van der Waals surface area (Å²) in [6, 6.07) is 10.5. The highest BCUT2D eigenvalue weighted by atomic mass is 35.5. The molecule has 5 nitrogen and oxygen atoms in total. The predicted molar refractivity (Wildman–Crippen MR) is 116 cm³/mol. The van der Waals surface area contributed by atoms with E-state index in [-0.39, 0.29) is 28.3 Å². The van der Waals surface area contributed by atoms with Crippen LogP contribution in [0.3, 0.4) is 0 Å². The minimum absolute atomic E-state index is 0.0867. The second kappa shape index (κ2) is 9.16. The lowest BCUT2D eigenvalue weighted by atomic mass is 9.99. The second-order valence-electron chi connectivity index (χ2n) is 6.71. The van der Waals surface area contributed by atoms with E-state index in [1.165, 1.54) is 11.6 Å². The quantitative estimate of drug-likeness (QED) is 0.678. The van der Waals surface area contributed by atoms with Crippen LogP contribution in [-0.4, -0.2) is 27.1 Å². The van der Waals surface area contributed by atoms with E-state index in [9.17, 15) is 13.2 Å². The lowest BCUT2D eigenvalue weighted by molar-refractivity contribution is -0.120. The molecule has 2 rings (SSSR count). The predicted octanol–water partition coefficient (Wildman–Crippen LogP) is 4.64. The van der Waals surface area contributed by atoms with Crippen molar-refractivity contribution in [1.82, 2.24) is 5.32 Å². The molecule has 2 aromatic rings. The number of hydrogen-bond donors (Lipinski definition) is 1. The van der Waals surface area contributed by atoms with Gasteiger partial charge in [-0.3, -0.25) is 9.10 Å². The molecule has 0 bridgehead atoms. The van der Waals surface area contributed by atoms with E-state index < -0.39 is 15.9 Å². The summed E-state index contributed by atoms with van der Waals surface area (Å²) in [6.07, 6.45) is 1.70. The van der Waals surface area contributed by atoms with Crippen LogP contribution in [0, 0.1) is 13.8 Å². The summed E-state index contributed by atoms with van der Waals surface area (Å²) < 4.78 is 25.5. The Kier molecular flexibility index (Phi) is 7.37. The van der Waals surface area contributed by atoms with E-state index >= 15 is 0 Å². The highest BCUT2D eigenvalue weighted by Gasteiger charge is 2.25. The number of carbonyl (C=O) groups is 1. The van der Waals surface area contributed by atoms with Gasteiger partial charge in [-0.05, 0) is 49.1 Å². The molecule has 1 N–H and O–H groups in total. The van der Waals surface area contributed by atoms with Gasteiger partial charge in [0.15, 0.2) is 0 Å². The third kappa shape index (κ3) is 5.40. The highest BCUT2D eigenvalue weighted by Crippen LogP contribution is 2.33. The van der Waals surface area contributed by atoms with Crippen molar-refractivity contribution in [3.8, 4) is 0 Å². The van der Waals surface area contributed by atoms with Crippen LogP contribution in [0.5, 0.6) is 0 Å². The minimum Gasteiger partial charge on any atom is -0.348 e. The Morgan fingerprint density at radius 3 is 2.39 bits per heavy atom. The largest absolute Gasteiger partial charge is 0.348 e. The number of nitrogens with zero attached hydrogens (tertiary/aromatic N) is 1. The van der Waals surface area contributed by atoms with Crippen molar-refractivity contribution in [2.75, 3.05) is 17.1 Å². The van der Waals surface area contributed by atoms with Crippen LogP contribution in [0.4, 0.5) is 5.69 Å². The van der Waals surface area contributed by atoms with Crippen LogP contribution in [0.2, 0.25) is 10.0 Å².